The normalized spacial score (nSPS) is 11.9. The number of aromatic nitrogens is 1. The second-order valence-electron chi connectivity index (χ2n) is 4.81. The molecule has 21 heavy (non-hydrogen) atoms. The van der Waals surface area contributed by atoms with Crippen molar-refractivity contribution in [1.29, 1.82) is 0 Å². The summed E-state index contributed by atoms with van der Waals surface area (Å²) in [5.41, 5.74) is 3.57. The third-order valence-corrected chi connectivity index (χ3v) is 3.27. The molecule has 0 atom stereocenters. The summed E-state index contributed by atoms with van der Waals surface area (Å²) in [6.07, 6.45) is 11.4. The van der Waals surface area contributed by atoms with Crippen LogP contribution in [0.4, 0.5) is 0 Å². The SMILES string of the molecule is ON=CCCCC/C=C(\c1ccccc1)c1cccnc1. The van der Waals surface area contributed by atoms with E-state index in [-0.39, 0.29) is 0 Å². The lowest BCUT2D eigenvalue weighted by Crippen LogP contribution is -1.89. The van der Waals surface area contributed by atoms with E-state index in [1.165, 1.54) is 11.1 Å². The van der Waals surface area contributed by atoms with Gasteiger partial charge in [-0.3, -0.25) is 4.98 Å². The van der Waals surface area contributed by atoms with E-state index in [0.29, 0.717) is 0 Å². The molecule has 0 aliphatic carbocycles. The molecule has 1 aromatic carbocycles. The van der Waals surface area contributed by atoms with Gasteiger partial charge in [-0.05, 0) is 42.9 Å². The van der Waals surface area contributed by atoms with E-state index >= 15 is 0 Å². The molecule has 1 aromatic heterocycles. The first-order valence-electron chi connectivity index (χ1n) is 7.23. The zero-order chi connectivity index (χ0) is 14.8. The minimum atomic E-state index is 0.817. The van der Waals surface area contributed by atoms with Crippen molar-refractivity contribution >= 4 is 11.8 Å². The largest absolute Gasteiger partial charge is 0.411 e. The maximum atomic E-state index is 8.36. The average Bonchev–Trinajstić information content (AvgIpc) is 2.56. The Morgan fingerprint density at radius 1 is 1.00 bits per heavy atom. The van der Waals surface area contributed by atoms with Crippen LogP contribution in [0, 0.1) is 0 Å². The van der Waals surface area contributed by atoms with Gasteiger partial charge in [0.15, 0.2) is 0 Å². The summed E-state index contributed by atoms with van der Waals surface area (Å²) in [4.78, 5) is 4.21. The number of hydrogen-bond donors (Lipinski definition) is 1. The fraction of sp³-hybridized carbons (Fsp3) is 0.222. The first kappa shape index (κ1) is 15.0. The standard InChI is InChI=1S/C18H20N2O/c21-20-14-7-2-1-6-12-18(16-9-4-3-5-10-16)17-11-8-13-19-15-17/h3-5,8-15,21H,1-2,6-7H2/b18-12+,20-14?. The fourth-order valence-electron chi connectivity index (χ4n) is 2.23. The number of pyridine rings is 1. The smallest absolute Gasteiger partial charge is 0.0435 e. The molecule has 0 saturated carbocycles. The van der Waals surface area contributed by atoms with Gasteiger partial charge in [-0.15, -0.1) is 5.16 Å². The molecule has 3 heteroatoms. The van der Waals surface area contributed by atoms with Crippen molar-refractivity contribution in [3.63, 3.8) is 0 Å². The van der Waals surface area contributed by atoms with Gasteiger partial charge >= 0.3 is 0 Å². The van der Waals surface area contributed by atoms with Crippen molar-refractivity contribution in [3.05, 3.63) is 72.1 Å². The van der Waals surface area contributed by atoms with Crippen LogP contribution in [-0.2, 0) is 0 Å². The molecular weight excluding hydrogens is 260 g/mol. The minimum Gasteiger partial charge on any atom is -0.411 e. The molecule has 0 radical (unpaired) electrons. The maximum Gasteiger partial charge on any atom is 0.0435 e. The first-order valence-corrected chi connectivity index (χ1v) is 7.23. The Hall–Kier alpha value is -2.42. The van der Waals surface area contributed by atoms with Crippen LogP contribution in [0.25, 0.3) is 5.57 Å². The molecule has 3 nitrogen and oxygen atoms in total. The second kappa shape index (κ2) is 8.69. The van der Waals surface area contributed by atoms with Gasteiger partial charge in [0, 0.05) is 24.2 Å². The van der Waals surface area contributed by atoms with Gasteiger partial charge in [0.25, 0.3) is 0 Å². The molecule has 2 aromatic rings. The Kier molecular flexibility index (Phi) is 6.20. The number of hydrogen-bond acceptors (Lipinski definition) is 3. The van der Waals surface area contributed by atoms with Crippen LogP contribution in [0.15, 0.2) is 66.1 Å². The van der Waals surface area contributed by atoms with E-state index < -0.39 is 0 Å². The van der Waals surface area contributed by atoms with E-state index in [4.69, 9.17) is 5.21 Å². The van der Waals surface area contributed by atoms with Crippen LogP contribution in [0.3, 0.4) is 0 Å². The summed E-state index contributed by atoms with van der Waals surface area (Å²) in [5.74, 6) is 0. The van der Waals surface area contributed by atoms with Gasteiger partial charge in [-0.25, -0.2) is 0 Å². The Labute approximate surface area is 125 Å². The average molecular weight is 280 g/mol. The van der Waals surface area contributed by atoms with Gasteiger partial charge < -0.3 is 5.21 Å². The predicted molar refractivity (Wildman–Crippen MR) is 86.5 cm³/mol. The highest BCUT2D eigenvalue weighted by molar-refractivity contribution is 5.79. The van der Waals surface area contributed by atoms with Crippen molar-refractivity contribution in [2.45, 2.75) is 25.7 Å². The molecule has 0 unspecified atom stereocenters. The lowest BCUT2D eigenvalue weighted by atomic mass is 9.97. The second-order valence-corrected chi connectivity index (χ2v) is 4.81. The highest BCUT2D eigenvalue weighted by atomic mass is 16.4. The summed E-state index contributed by atoms with van der Waals surface area (Å²) in [5, 5.41) is 11.4. The van der Waals surface area contributed by atoms with E-state index in [2.05, 4.69) is 46.5 Å². The molecule has 1 heterocycles. The van der Waals surface area contributed by atoms with E-state index in [1.807, 2.05) is 18.3 Å². The fourth-order valence-corrected chi connectivity index (χ4v) is 2.23. The van der Waals surface area contributed by atoms with Gasteiger partial charge in [-0.1, -0.05) is 42.5 Å². The van der Waals surface area contributed by atoms with Crippen molar-refractivity contribution in [1.82, 2.24) is 4.98 Å². The van der Waals surface area contributed by atoms with Crippen molar-refractivity contribution in [2.75, 3.05) is 0 Å². The molecule has 0 bridgehead atoms. The van der Waals surface area contributed by atoms with Gasteiger partial charge in [0.2, 0.25) is 0 Å². The summed E-state index contributed by atoms with van der Waals surface area (Å²) in [6.45, 7) is 0. The highest BCUT2D eigenvalue weighted by Crippen LogP contribution is 2.23. The topological polar surface area (TPSA) is 45.5 Å². The van der Waals surface area contributed by atoms with Gasteiger partial charge in [0.05, 0.1) is 0 Å². The Morgan fingerprint density at radius 2 is 1.76 bits per heavy atom. The quantitative estimate of drug-likeness (QED) is 0.350. The summed E-state index contributed by atoms with van der Waals surface area (Å²) >= 11 is 0. The molecule has 2 rings (SSSR count). The Morgan fingerprint density at radius 3 is 2.48 bits per heavy atom. The van der Waals surface area contributed by atoms with Crippen LogP contribution in [0.1, 0.15) is 36.8 Å². The molecule has 108 valence electrons. The number of oxime groups is 1. The lowest BCUT2D eigenvalue weighted by molar-refractivity contribution is 0.320. The highest BCUT2D eigenvalue weighted by Gasteiger charge is 2.03. The monoisotopic (exact) mass is 280 g/mol. The van der Waals surface area contributed by atoms with Crippen molar-refractivity contribution < 1.29 is 5.21 Å². The molecule has 0 saturated heterocycles. The van der Waals surface area contributed by atoms with E-state index in [1.54, 1.807) is 12.4 Å². The maximum absolute atomic E-state index is 8.36. The first-order chi connectivity index (χ1) is 10.4. The molecular formula is C18H20N2O. The lowest BCUT2D eigenvalue weighted by Gasteiger charge is -2.08. The predicted octanol–water partition coefficient (Wildman–Crippen LogP) is 4.53. The third-order valence-electron chi connectivity index (χ3n) is 3.27. The van der Waals surface area contributed by atoms with Crippen LogP contribution in [0.5, 0.6) is 0 Å². The van der Waals surface area contributed by atoms with Crippen LogP contribution < -0.4 is 0 Å². The summed E-state index contributed by atoms with van der Waals surface area (Å²) in [6, 6.07) is 14.4. The number of benzene rings is 1. The Bertz CT molecular complexity index is 535. The molecule has 0 aliphatic heterocycles. The Balaban J connectivity index is 2.10. The van der Waals surface area contributed by atoms with Gasteiger partial charge in [-0.2, -0.15) is 0 Å². The molecule has 0 spiro atoms. The molecule has 0 amide bonds. The third kappa shape index (κ3) is 4.88. The number of unbranched alkanes of at least 4 members (excludes halogenated alkanes) is 3. The zero-order valence-electron chi connectivity index (χ0n) is 12.0. The molecule has 0 fully saturated rings. The molecule has 1 N–H and O–H groups in total. The van der Waals surface area contributed by atoms with Crippen LogP contribution in [0.2, 0.25) is 0 Å². The number of allylic oxidation sites excluding steroid dienone is 1. The van der Waals surface area contributed by atoms with E-state index in [0.717, 1.165) is 31.2 Å². The minimum absolute atomic E-state index is 0.817. The van der Waals surface area contributed by atoms with Crippen LogP contribution >= 0.6 is 0 Å². The van der Waals surface area contributed by atoms with Gasteiger partial charge in [0.1, 0.15) is 0 Å². The summed E-state index contributed by atoms with van der Waals surface area (Å²) < 4.78 is 0. The van der Waals surface area contributed by atoms with E-state index in [9.17, 15) is 0 Å². The summed E-state index contributed by atoms with van der Waals surface area (Å²) in [7, 11) is 0. The molecule has 0 aliphatic rings. The number of nitrogens with zero attached hydrogens (tertiary/aromatic N) is 2. The van der Waals surface area contributed by atoms with Crippen molar-refractivity contribution in [2.24, 2.45) is 5.16 Å². The zero-order valence-corrected chi connectivity index (χ0v) is 12.0. The number of rotatable bonds is 7. The van der Waals surface area contributed by atoms with Crippen LogP contribution in [-0.4, -0.2) is 16.4 Å². The van der Waals surface area contributed by atoms with Crippen molar-refractivity contribution in [3.8, 4) is 0 Å².